The highest BCUT2D eigenvalue weighted by molar-refractivity contribution is 6.17. The molecule has 0 saturated heterocycles. The average Bonchev–Trinajstić information content (AvgIpc) is 3.55. The minimum Gasteiger partial charge on any atom is -0.453 e. The van der Waals surface area contributed by atoms with Crippen LogP contribution in [0.15, 0.2) is 194 Å². The smallest absolute Gasteiger partial charge is 0.152 e. The van der Waals surface area contributed by atoms with Crippen LogP contribution < -0.4 is 9.64 Å². The van der Waals surface area contributed by atoms with Crippen LogP contribution >= 0.6 is 0 Å². The van der Waals surface area contributed by atoms with Gasteiger partial charge in [-0.15, -0.1) is 0 Å². The van der Waals surface area contributed by atoms with E-state index in [1.807, 2.05) is 12.1 Å². The zero-order valence-electron chi connectivity index (χ0n) is 27.8. The maximum Gasteiger partial charge on any atom is 0.152 e. The highest BCUT2D eigenvalue weighted by atomic mass is 16.5. The van der Waals surface area contributed by atoms with Crippen molar-refractivity contribution >= 4 is 38.9 Å². The summed E-state index contributed by atoms with van der Waals surface area (Å²) in [7, 11) is 0. The van der Waals surface area contributed by atoms with E-state index in [9.17, 15) is 0 Å². The van der Waals surface area contributed by atoms with Crippen LogP contribution in [-0.4, -0.2) is 4.57 Å². The third kappa shape index (κ3) is 4.82. The molecule has 0 spiro atoms. The monoisotopic (exact) mass is 652 g/mol. The molecule has 1 aliphatic rings. The minimum absolute atomic E-state index is 0.874. The topological polar surface area (TPSA) is 17.4 Å². The van der Waals surface area contributed by atoms with Gasteiger partial charge < -0.3 is 14.2 Å². The van der Waals surface area contributed by atoms with E-state index in [0.717, 1.165) is 39.8 Å². The van der Waals surface area contributed by atoms with Gasteiger partial charge in [0, 0.05) is 27.8 Å². The van der Waals surface area contributed by atoms with Crippen molar-refractivity contribution in [1.29, 1.82) is 0 Å². The van der Waals surface area contributed by atoms with Crippen LogP contribution in [0.2, 0.25) is 0 Å². The van der Waals surface area contributed by atoms with E-state index in [1.54, 1.807) is 0 Å². The van der Waals surface area contributed by atoms with E-state index >= 15 is 0 Å². The first-order chi connectivity index (χ1) is 25.3. The lowest BCUT2D eigenvalue weighted by molar-refractivity contribution is 0.476. The molecule has 3 heteroatoms. The molecule has 0 saturated carbocycles. The average molecular weight is 653 g/mol. The van der Waals surface area contributed by atoms with Crippen molar-refractivity contribution in [2.75, 3.05) is 4.90 Å². The molecule has 240 valence electrons. The number of ether oxygens (including phenoxy) is 1. The Morgan fingerprint density at radius 1 is 0.373 bits per heavy atom. The first kappa shape index (κ1) is 29.1. The number of hydrogen-bond donors (Lipinski definition) is 0. The third-order valence-electron chi connectivity index (χ3n) is 10.0. The Bertz CT molecular complexity index is 2690. The quantitative estimate of drug-likeness (QED) is 0.178. The molecule has 0 N–H and O–H groups in total. The summed E-state index contributed by atoms with van der Waals surface area (Å²) in [6.45, 7) is 0. The van der Waals surface area contributed by atoms with E-state index in [4.69, 9.17) is 4.74 Å². The molecule has 0 radical (unpaired) electrons. The van der Waals surface area contributed by atoms with Crippen molar-refractivity contribution in [3.05, 3.63) is 194 Å². The van der Waals surface area contributed by atoms with E-state index < -0.39 is 0 Å². The van der Waals surface area contributed by atoms with Gasteiger partial charge in [-0.1, -0.05) is 133 Å². The molecule has 8 aromatic carbocycles. The summed E-state index contributed by atoms with van der Waals surface area (Å²) in [6, 6.07) is 69.0. The van der Waals surface area contributed by atoms with Gasteiger partial charge >= 0.3 is 0 Å². The van der Waals surface area contributed by atoms with Crippen LogP contribution in [0.3, 0.4) is 0 Å². The lowest BCUT2D eigenvalue weighted by atomic mass is 9.94. The number of hydrogen-bond acceptors (Lipinski definition) is 2. The Labute approximate surface area is 296 Å². The molecule has 0 bridgehead atoms. The van der Waals surface area contributed by atoms with Crippen LogP contribution in [0.1, 0.15) is 0 Å². The molecule has 9 aromatic rings. The van der Waals surface area contributed by atoms with Crippen molar-refractivity contribution in [2.45, 2.75) is 0 Å². The van der Waals surface area contributed by atoms with Gasteiger partial charge in [0.05, 0.1) is 16.7 Å². The number of para-hydroxylation sites is 4. The number of aromatic nitrogens is 1. The molecule has 0 atom stereocenters. The molecule has 1 aliphatic heterocycles. The lowest BCUT2D eigenvalue weighted by Gasteiger charge is -2.26. The van der Waals surface area contributed by atoms with Crippen LogP contribution in [0.4, 0.5) is 17.1 Å². The molecule has 10 rings (SSSR count). The van der Waals surface area contributed by atoms with Gasteiger partial charge in [0.25, 0.3) is 0 Å². The maximum atomic E-state index is 6.38. The second-order valence-electron chi connectivity index (χ2n) is 12.9. The molecule has 51 heavy (non-hydrogen) atoms. The van der Waals surface area contributed by atoms with Crippen LogP contribution in [0.25, 0.3) is 60.9 Å². The van der Waals surface area contributed by atoms with Crippen molar-refractivity contribution in [3.8, 4) is 50.6 Å². The zero-order valence-corrected chi connectivity index (χ0v) is 27.8. The summed E-state index contributed by atoms with van der Waals surface area (Å²) in [5.74, 6) is 1.76. The zero-order chi connectivity index (χ0) is 33.7. The minimum atomic E-state index is 0.874. The predicted octanol–water partition coefficient (Wildman–Crippen LogP) is 13.4. The van der Waals surface area contributed by atoms with Gasteiger partial charge in [-0.3, -0.25) is 0 Å². The van der Waals surface area contributed by atoms with Gasteiger partial charge in [0.2, 0.25) is 0 Å². The summed E-state index contributed by atoms with van der Waals surface area (Å²) in [6.07, 6.45) is 0. The fraction of sp³-hybridized carbons (Fsp3) is 0. The molecule has 0 aliphatic carbocycles. The van der Waals surface area contributed by atoms with Crippen molar-refractivity contribution in [1.82, 2.24) is 4.57 Å². The molecule has 0 amide bonds. The molecule has 1 aromatic heterocycles. The second-order valence-corrected chi connectivity index (χ2v) is 12.9. The van der Waals surface area contributed by atoms with Gasteiger partial charge in [-0.2, -0.15) is 0 Å². The van der Waals surface area contributed by atoms with Gasteiger partial charge in [0.15, 0.2) is 11.5 Å². The first-order valence-corrected chi connectivity index (χ1v) is 17.4. The largest absolute Gasteiger partial charge is 0.453 e. The molecule has 2 heterocycles. The molecular weight excluding hydrogens is 621 g/mol. The highest BCUT2D eigenvalue weighted by Gasteiger charge is 2.25. The Morgan fingerprint density at radius 3 is 1.59 bits per heavy atom. The molecule has 3 nitrogen and oxygen atoms in total. The van der Waals surface area contributed by atoms with E-state index in [-0.39, 0.29) is 0 Å². The van der Waals surface area contributed by atoms with E-state index in [2.05, 4.69) is 191 Å². The fourth-order valence-corrected chi connectivity index (χ4v) is 7.71. The summed E-state index contributed by atoms with van der Waals surface area (Å²) in [4.78, 5) is 2.33. The second kappa shape index (κ2) is 11.9. The van der Waals surface area contributed by atoms with Gasteiger partial charge in [-0.05, 0) is 94.0 Å². The summed E-state index contributed by atoms with van der Waals surface area (Å²) in [5.41, 5.74) is 13.9. The summed E-state index contributed by atoms with van der Waals surface area (Å²) >= 11 is 0. The SMILES string of the molecule is c1ccc(-c2ccccc2-c2ccc(N(c3ccccc3)c3ccc(-c4cccc5c4c4cccc6c4n5-c4ccccc4O6)cc3)cc2)cc1. The third-order valence-corrected chi connectivity index (χ3v) is 10.0. The van der Waals surface area contributed by atoms with Crippen molar-refractivity contribution in [3.63, 3.8) is 0 Å². The number of benzene rings is 8. The normalized spacial score (nSPS) is 11.7. The van der Waals surface area contributed by atoms with Crippen molar-refractivity contribution < 1.29 is 4.74 Å². The van der Waals surface area contributed by atoms with E-state index in [1.165, 1.54) is 49.7 Å². The van der Waals surface area contributed by atoms with Gasteiger partial charge in [-0.25, -0.2) is 0 Å². The van der Waals surface area contributed by atoms with E-state index in [0.29, 0.717) is 0 Å². The lowest BCUT2D eigenvalue weighted by Crippen LogP contribution is -2.09. The Balaban J connectivity index is 1.06. The van der Waals surface area contributed by atoms with Crippen LogP contribution in [0.5, 0.6) is 11.5 Å². The standard InChI is InChI=1S/C48H32N2O/c1-3-13-33(14-4-1)39-17-7-8-18-40(39)34-25-29-37(30-26-34)49(36-15-5-2-6-16-36)38-31-27-35(28-32-38)41-19-11-22-44-47(41)42-20-12-24-46-48(42)50(44)43-21-9-10-23-45(43)51-46/h1-32H. The van der Waals surface area contributed by atoms with Crippen molar-refractivity contribution in [2.24, 2.45) is 0 Å². The Hall–Kier alpha value is -6.84. The summed E-state index contributed by atoms with van der Waals surface area (Å²) in [5, 5.41) is 2.42. The molecule has 0 fully saturated rings. The number of rotatable bonds is 6. The van der Waals surface area contributed by atoms with Crippen LogP contribution in [0, 0.1) is 0 Å². The fourth-order valence-electron chi connectivity index (χ4n) is 7.71. The highest BCUT2D eigenvalue weighted by Crippen LogP contribution is 2.47. The Morgan fingerprint density at radius 2 is 0.882 bits per heavy atom. The number of anilines is 3. The Kier molecular flexibility index (Phi) is 6.81. The maximum absolute atomic E-state index is 6.38. The van der Waals surface area contributed by atoms with Crippen LogP contribution in [-0.2, 0) is 0 Å². The first-order valence-electron chi connectivity index (χ1n) is 17.4. The predicted molar refractivity (Wildman–Crippen MR) is 212 cm³/mol. The molecule has 0 unspecified atom stereocenters. The molecular formula is C48H32N2O. The summed E-state index contributed by atoms with van der Waals surface area (Å²) < 4.78 is 8.74. The number of nitrogens with zero attached hydrogens (tertiary/aromatic N) is 2. The number of fused-ring (bicyclic) bond motifs is 5. The van der Waals surface area contributed by atoms with Gasteiger partial charge in [0.1, 0.15) is 0 Å².